The van der Waals surface area contributed by atoms with E-state index in [2.05, 4.69) is 188 Å². The van der Waals surface area contributed by atoms with E-state index in [0.717, 1.165) is 27.8 Å². The molecule has 11 aromatic carbocycles. The van der Waals surface area contributed by atoms with Gasteiger partial charge in [0.15, 0.2) is 17.5 Å². The summed E-state index contributed by atoms with van der Waals surface area (Å²) in [5.41, 5.74) is 14.8. The fourth-order valence-corrected chi connectivity index (χ4v) is 10.8. The van der Waals surface area contributed by atoms with Crippen molar-refractivity contribution >= 4 is 32.3 Å². The fraction of sp³-hybridized carbons (Fsp3) is 0.0156. The highest BCUT2D eigenvalue weighted by molar-refractivity contribution is 6.29. The van der Waals surface area contributed by atoms with E-state index in [1.807, 2.05) is 60.7 Å². The average molecular weight is 852 g/mol. The van der Waals surface area contributed by atoms with Gasteiger partial charge in [-0.05, 0) is 106 Å². The van der Waals surface area contributed by atoms with Gasteiger partial charge in [-0.15, -0.1) is 0 Å². The lowest BCUT2D eigenvalue weighted by atomic mass is 9.67. The second-order valence-corrected chi connectivity index (χ2v) is 17.4. The number of benzene rings is 11. The van der Waals surface area contributed by atoms with E-state index in [1.165, 1.54) is 76.8 Å². The Morgan fingerprint density at radius 3 is 1.36 bits per heavy atom. The van der Waals surface area contributed by atoms with E-state index in [9.17, 15) is 0 Å². The van der Waals surface area contributed by atoms with Crippen LogP contribution in [0.15, 0.2) is 249 Å². The summed E-state index contributed by atoms with van der Waals surface area (Å²) < 4.78 is 0. The van der Waals surface area contributed by atoms with Crippen LogP contribution in [0.1, 0.15) is 22.3 Å². The molecule has 3 heteroatoms. The molecule has 0 amide bonds. The molecular formula is C64H41N3. The molecule has 0 aliphatic heterocycles. The van der Waals surface area contributed by atoms with Crippen LogP contribution in [-0.2, 0) is 5.41 Å². The molecule has 0 unspecified atom stereocenters. The molecule has 13 rings (SSSR count). The molecule has 0 atom stereocenters. The van der Waals surface area contributed by atoms with Gasteiger partial charge in [0.1, 0.15) is 0 Å². The summed E-state index contributed by atoms with van der Waals surface area (Å²) in [4.78, 5) is 15.1. The minimum Gasteiger partial charge on any atom is -0.208 e. The minimum absolute atomic E-state index is 0.433. The third kappa shape index (κ3) is 6.24. The van der Waals surface area contributed by atoms with Gasteiger partial charge in [-0.2, -0.15) is 0 Å². The lowest BCUT2D eigenvalue weighted by molar-refractivity contribution is 0.768. The zero-order valence-corrected chi connectivity index (χ0v) is 36.5. The van der Waals surface area contributed by atoms with Gasteiger partial charge in [-0.1, -0.05) is 231 Å². The first-order chi connectivity index (χ1) is 33.2. The Morgan fingerprint density at radius 1 is 0.239 bits per heavy atom. The first-order valence-electron chi connectivity index (χ1n) is 22.9. The third-order valence-corrected chi connectivity index (χ3v) is 13.8. The highest BCUT2D eigenvalue weighted by Gasteiger charge is 2.46. The minimum atomic E-state index is -0.433. The van der Waals surface area contributed by atoms with Gasteiger partial charge in [0.2, 0.25) is 0 Å². The number of aromatic nitrogens is 3. The molecule has 1 aromatic heterocycles. The highest BCUT2D eigenvalue weighted by atomic mass is 15.0. The number of hydrogen-bond acceptors (Lipinski definition) is 3. The number of rotatable bonds is 7. The van der Waals surface area contributed by atoms with Gasteiger partial charge in [-0.3, -0.25) is 0 Å². The molecule has 0 radical (unpaired) electrons. The van der Waals surface area contributed by atoms with Gasteiger partial charge in [0, 0.05) is 16.7 Å². The monoisotopic (exact) mass is 851 g/mol. The fourth-order valence-electron chi connectivity index (χ4n) is 10.8. The van der Waals surface area contributed by atoms with Crippen LogP contribution in [0.3, 0.4) is 0 Å². The van der Waals surface area contributed by atoms with E-state index in [-0.39, 0.29) is 0 Å². The molecule has 1 aliphatic carbocycles. The Bertz CT molecular complexity index is 3750. The predicted octanol–water partition coefficient (Wildman–Crippen LogP) is 16.0. The van der Waals surface area contributed by atoms with Crippen molar-refractivity contribution in [1.29, 1.82) is 0 Å². The normalized spacial score (nSPS) is 12.6. The zero-order valence-electron chi connectivity index (χ0n) is 36.5. The Balaban J connectivity index is 0.976. The second-order valence-electron chi connectivity index (χ2n) is 17.4. The summed E-state index contributed by atoms with van der Waals surface area (Å²) in [5, 5.41) is 7.37. The molecule has 3 nitrogen and oxygen atoms in total. The molecular weight excluding hydrogens is 811 g/mol. The van der Waals surface area contributed by atoms with E-state index >= 15 is 0 Å². The zero-order chi connectivity index (χ0) is 44.3. The summed E-state index contributed by atoms with van der Waals surface area (Å²) in [6.45, 7) is 0. The SMILES string of the molecule is c1ccc(-c2nc(-c3ccccc3)nc(-c3cccc(-c4cccc5c6ccccc6c6cc(-c7ccc8c(c7)-c7ccccc7C8(c7ccccc7)c7ccccc7)ccc6c45)c3)n2)cc1. The lowest BCUT2D eigenvalue weighted by Crippen LogP contribution is -2.28. The molecule has 67 heavy (non-hydrogen) atoms. The van der Waals surface area contributed by atoms with Gasteiger partial charge >= 0.3 is 0 Å². The van der Waals surface area contributed by atoms with Crippen LogP contribution in [0.4, 0.5) is 0 Å². The van der Waals surface area contributed by atoms with E-state index in [4.69, 9.17) is 15.0 Å². The molecule has 0 saturated heterocycles. The first-order valence-corrected chi connectivity index (χ1v) is 22.9. The van der Waals surface area contributed by atoms with E-state index < -0.39 is 5.41 Å². The highest BCUT2D eigenvalue weighted by Crippen LogP contribution is 2.56. The maximum Gasteiger partial charge on any atom is 0.164 e. The van der Waals surface area contributed by atoms with Crippen LogP contribution in [0, 0.1) is 0 Å². The Hall–Kier alpha value is -8.79. The van der Waals surface area contributed by atoms with Crippen molar-refractivity contribution in [2.45, 2.75) is 5.41 Å². The van der Waals surface area contributed by atoms with Crippen LogP contribution in [-0.4, -0.2) is 15.0 Å². The second kappa shape index (κ2) is 15.7. The number of fused-ring (bicyclic) bond motifs is 9. The first kappa shape index (κ1) is 38.6. The maximum absolute atomic E-state index is 5.08. The summed E-state index contributed by atoms with van der Waals surface area (Å²) >= 11 is 0. The van der Waals surface area contributed by atoms with Crippen LogP contribution >= 0.6 is 0 Å². The largest absolute Gasteiger partial charge is 0.208 e. The standard InChI is InChI=1S/C64H41N3/c1-5-19-42(20-6-1)61-65-62(43-21-7-2-8-22-43)67-63(66-61)47-24-17-23-46(39-47)50-32-18-33-54-51-29-13-14-30-52(51)56-40-44(35-37-55(56)60(50)54)45-36-38-59-57(41-45)53-31-15-16-34-58(53)64(59,48-25-9-3-10-26-48)49-27-11-4-12-28-49/h1-41H. The van der Waals surface area contributed by atoms with E-state index in [0.29, 0.717) is 17.5 Å². The van der Waals surface area contributed by atoms with Gasteiger partial charge in [0.05, 0.1) is 5.41 Å². The molecule has 1 heterocycles. The molecule has 1 aliphatic rings. The van der Waals surface area contributed by atoms with Gasteiger partial charge in [0.25, 0.3) is 0 Å². The third-order valence-electron chi connectivity index (χ3n) is 13.8. The molecule has 0 N–H and O–H groups in total. The van der Waals surface area contributed by atoms with Gasteiger partial charge < -0.3 is 0 Å². The summed E-state index contributed by atoms with van der Waals surface area (Å²) in [5.74, 6) is 1.93. The molecule has 0 fully saturated rings. The quantitative estimate of drug-likeness (QED) is 0.150. The van der Waals surface area contributed by atoms with Crippen molar-refractivity contribution in [2.75, 3.05) is 0 Å². The van der Waals surface area contributed by atoms with Crippen LogP contribution in [0.5, 0.6) is 0 Å². The van der Waals surface area contributed by atoms with E-state index in [1.54, 1.807) is 0 Å². The molecule has 0 spiro atoms. The predicted molar refractivity (Wildman–Crippen MR) is 277 cm³/mol. The van der Waals surface area contributed by atoms with Crippen molar-refractivity contribution < 1.29 is 0 Å². The van der Waals surface area contributed by atoms with Crippen molar-refractivity contribution in [3.63, 3.8) is 0 Å². The molecule has 12 aromatic rings. The molecule has 0 bridgehead atoms. The van der Waals surface area contributed by atoms with Crippen molar-refractivity contribution in [3.05, 3.63) is 271 Å². The molecule has 312 valence electrons. The van der Waals surface area contributed by atoms with Crippen LogP contribution in [0.2, 0.25) is 0 Å². The summed E-state index contributed by atoms with van der Waals surface area (Å²) in [6.07, 6.45) is 0. The smallest absolute Gasteiger partial charge is 0.164 e. The van der Waals surface area contributed by atoms with Crippen molar-refractivity contribution in [2.24, 2.45) is 0 Å². The van der Waals surface area contributed by atoms with Crippen LogP contribution in [0.25, 0.3) is 99.9 Å². The number of hydrogen-bond donors (Lipinski definition) is 0. The Labute approximate surface area is 389 Å². The molecule has 0 saturated carbocycles. The Kier molecular flexibility index (Phi) is 9.07. The topological polar surface area (TPSA) is 38.7 Å². The summed E-state index contributed by atoms with van der Waals surface area (Å²) in [7, 11) is 0. The van der Waals surface area contributed by atoms with Crippen molar-refractivity contribution in [3.8, 4) is 67.5 Å². The lowest BCUT2D eigenvalue weighted by Gasteiger charge is -2.33. The summed E-state index contributed by atoms with van der Waals surface area (Å²) in [6, 6.07) is 89.8. The van der Waals surface area contributed by atoms with Gasteiger partial charge in [-0.25, -0.2) is 15.0 Å². The van der Waals surface area contributed by atoms with Crippen LogP contribution < -0.4 is 0 Å². The number of nitrogens with zero attached hydrogens (tertiary/aromatic N) is 3. The average Bonchev–Trinajstić information content (AvgIpc) is 3.72. The van der Waals surface area contributed by atoms with Crippen molar-refractivity contribution in [1.82, 2.24) is 15.0 Å². The Morgan fingerprint density at radius 2 is 0.687 bits per heavy atom. The maximum atomic E-state index is 5.08.